The van der Waals surface area contributed by atoms with Crippen molar-refractivity contribution < 1.29 is 19.7 Å². The highest BCUT2D eigenvalue weighted by Crippen LogP contribution is 2.26. The Hall–Kier alpha value is -0.560. The average Bonchev–Trinajstić information content (AvgIpc) is 2.76. The second-order valence-electron chi connectivity index (χ2n) is 3.12. The molecular weight excluding hydrogens is 248 g/mol. The van der Waals surface area contributed by atoms with E-state index in [0.717, 1.165) is 11.3 Å². The smallest absolute Gasteiger partial charge is 0.348 e. The lowest BCUT2D eigenvalue weighted by molar-refractivity contribution is 0.0360. The maximum Gasteiger partial charge on any atom is 0.348 e. The quantitative estimate of drug-likeness (QED) is 0.552. The molecule has 0 aliphatic heterocycles. The van der Waals surface area contributed by atoms with Crippen LogP contribution in [0.3, 0.4) is 0 Å². The third-order valence-corrected chi connectivity index (χ3v) is 3.46. The standard InChI is InChI=1S/C10H14O4S2/c1-2-14-10(13)8-4-3-7(16-8)9(12)6(11)5-15/h3-4,6,9,11-12,15H,2,5H2,1H3. The molecule has 0 radical (unpaired) electrons. The van der Waals surface area contributed by atoms with Crippen molar-refractivity contribution in [3.05, 3.63) is 21.9 Å². The summed E-state index contributed by atoms with van der Waals surface area (Å²) in [6.07, 6.45) is -1.94. The van der Waals surface area contributed by atoms with Crippen LogP contribution in [0.15, 0.2) is 12.1 Å². The van der Waals surface area contributed by atoms with Crippen LogP contribution in [0, 0.1) is 0 Å². The van der Waals surface area contributed by atoms with Crippen molar-refractivity contribution in [1.82, 2.24) is 0 Å². The number of hydrogen-bond donors (Lipinski definition) is 3. The second-order valence-corrected chi connectivity index (χ2v) is 4.60. The van der Waals surface area contributed by atoms with Crippen molar-refractivity contribution in [3.8, 4) is 0 Å². The van der Waals surface area contributed by atoms with E-state index in [0.29, 0.717) is 16.4 Å². The van der Waals surface area contributed by atoms with Crippen LogP contribution in [0.4, 0.5) is 0 Å². The number of ether oxygens (including phenoxy) is 1. The molecular formula is C10H14O4S2. The number of hydrogen-bond acceptors (Lipinski definition) is 6. The van der Waals surface area contributed by atoms with Gasteiger partial charge in [-0.15, -0.1) is 11.3 Å². The zero-order chi connectivity index (χ0) is 12.1. The molecule has 0 spiro atoms. The number of aliphatic hydroxyl groups is 2. The van der Waals surface area contributed by atoms with Crippen LogP contribution >= 0.6 is 24.0 Å². The first-order chi connectivity index (χ1) is 7.60. The fourth-order valence-electron chi connectivity index (χ4n) is 1.11. The lowest BCUT2D eigenvalue weighted by Gasteiger charge is -2.13. The van der Waals surface area contributed by atoms with Crippen LogP contribution in [0.5, 0.6) is 0 Å². The van der Waals surface area contributed by atoms with E-state index in [1.54, 1.807) is 19.1 Å². The van der Waals surface area contributed by atoms with E-state index in [9.17, 15) is 15.0 Å². The minimum atomic E-state index is -1.01. The highest BCUT2D eigenvalue weighted by molar-refractivity contribution is 7.80. The molecule has 2 unspecified atom stereocenters. The van der Waals surface area contributed by atoms with Gasteiger partial charge in [0.2, 0.25) is 0 Å². The third kappa shape index (κ3) is 3.21. The van der Waals surface area contributed by atoms with E-state index in [-0.39, 0.29) is 5.75 Å². The minimum Gasteiger partial charge on any atom is -0.462 e. The van der Waals surface area contributed by atoms with Gasteiger partial charge in [0.15, 0.2) is 0 Å². The number of carbonyl (C=O) groups is 1. The van der Waals surface area contributed by atoms with Crippen molar-refractivity contribution >= 4 is 29.9 Å². The van der Waals surface area contributed by atoms with E-state index in [1.165, 1.54) is 0 Å². The summed E-state index contributed by atoms with van der Waals surface area (Å²) in [6, 6.07) is 3.18. The Morgan fingerprint density at radius 1 is 1.56 bits per heavy atom. The van der Waals surface area contributed by atoms with Crippen molar-refractivity contribution in [3.63, 3.8) is 0 Å². The number of rotatable bonds is 5. The van der Waals surface area contributed by atoms with Gasteiger partial charge >= 0.3 is 5.97 Å². The molecule has 0 saturated carbocycles. The summed E-state index contributed by atoms with van der Waals surface area (Å²) in [5, 5.41) is 19.1. The number of aliphatic hydroxyl groups excluding tert-OH is 2. The number of carbonyl (C=O) groups excluding carboxylic acids is 1. The molecule has 1 rings (SSSR count). The molecule has 1 aromatic heterocycles. The van der Waals surface area contributed by atoms with Crippen LogP contribution in [0.1, 0.15) is 27.6 Å². The predicted molar refractivity (Wildman–Crippen MR) is 65.1 cm³/mol. The van der Waals surface area contributed by atoms with Gasteiger partial charge in [-0.1, -0.05) is 0 Å². The Labute approximate surface area is 103 Å². The Morgan fingerprint density at radius 2 is 2.25 bits per heavy atom. The zero-order valence-corrected chi connectivity index (χ0v) is 10.5. The first-order valence-corrected chi connectivity index (χ1v) is 6.28. The molecule has 0 amide bonds. The van der Waals surface area contributed by atoms with E-state index in [4.69, 9.17) is 4.74 Å². The highest BCUT2D eigenvalue weighted by Gasteiger charge is 2.20. The van der Waals surface area contributed by atoms with E-state index in [1.807, 2.05) is 0 Å². The van der Waals surface area contributed by atoms with Crippen molar-refractivity contribution in [2.24, 2.45) is 0 Å². The summed E-state index contributed by atoms with van der Waals surface area (Å²) >= 11 is 5.00. The molecule has 0 aliphatic rings. The van der Waals surface area contributed by atoms with Crippen molar-refractivity contribution in [2.45, 2.75) is 19.1 Å². The van der Waals surface area contributed by atoms with Gasteiger partial charge in [0.1, 0.15) is 11.0 Å². The molecule has 6 heteroatoms. The van der Waals surface area contributed by atoms with Gasteiger partial charge in [-0.3, -0.25) is 0 Å². The highest BCUT2D eigenvalue weighted by atomic mass is 32.1. The topological polar surface area (TPSA) is 66.8 Å². The summed E-state index contributed by atoms with van der Waals surface area (Å²) in [7, 11) is 0. The van der Waals surface area contributed by atoms with Crippen LogP contribution < -0.4 is 0 Å². The number of thiol groups is 1. The largest absolute Gasteiger partial charge is 0.462 e. The van der Waals surface area contributed by atoms with E-state index >= 15 is 0 Å². The van der Waals surface area contributed by atoms with Gasteiger partial charge in [0.05, 0.1) is 12.7 Å². The molecule has 1 heterocycles. The van der Waals surface area contributed by atoms with Crippen molar-refractivity contribution in [1.29, 1.82) is 0 Å². The van der Waals surface area contributed by atoms with Crippen LogP contribution in [0.25, 0.3) is 0 Å². The molecule has 16 heavy (non-hydrogen) atoms. The van der Waals surface area contributed by atoms with E-state index in [2.05, 4.69) is 12.6 Å². The van der Waals surface area contributed by atoms with Gasteiger partial charge < -0.3 is 14.9 Å². The molecule has 0 bridgehead atoms. The molecule has 0 fully saturated rings. The first kappa shape index (κ1) is 13.5. The molecule has 4 nitrogen and oxygen atoms in total. The summed E-state index contributed by atoms with van der Waals surface area (Å²) < 4.78 is 4.82. The molecule has 90 valence electrons. The Bertz CT molecular complexity index is 350. The van der Waals surface area contributed by atoms with E-state index < -0.39 is 18.2 Å². The maximum atomic E-state index is 11.3. The third-order valence-electron chi connectivity index (χ3n) is 1.95. The van der Waals surface area contributed by atoms with Gasteiger partial charge in [-0.05, 0) is 19.1 Å². The maximum absolute atomic E-state index is 11.3. The normalized spacial score (nSPS) is 14.5. The monoisotopic (exact) mass is 262 g/mol. The lowest BCUT2D eigenvalue weighted by atomic mass is 10.2. The molecule has 0 aromatic carbocycles. The minimum absolute atomic E-state index is 0.161. The summed E-state index contributed by atoms with van der Waals surface area (Å²) in [5.41, 5.74) is 0. The molecule has 2 N–H and O–H groups in total. The molecule has 0 saturated heterocycles. The summed E-state index contributed by atoms with van der Waals surface area (Å²) in [6.45, 7) is 2.04. The van der Waals surface area contributed by atoms with Gasteiger partial charge in [-0.25, -0.2) is 4.79 Å². The van der Waals surface area contributed by atoms with Gasteiger partial charge in [0, 0.05) is 10.6 Å². The van der Waals surface area contributed by atoms with Gasteiger partial charge in [-0.2, -0.15) is 12.6 Å². The number of esters is 1. The zero-order valence-electron chi connectivity index (χ0n) is 8.79. The van der Waals surface area contributed by atoms with Crippen LogP contribution in [0.2, 0.25) is 0 Å². The fraction of sp³-hybridized carbons (Fsp3) is 0.500. The second kappa shape index (κ2) is 6.24. The average molecular weight is 262 g/mol. The van der Waals surface area contributed by atoms with Crippen LogP contribution in [-0.2, 0) is 4.74 Å². The van der Waals surface area contributed by atoms with Crippen LogP contribution in [-0.4, -0.2) is 34.6 Å². The molecule has 2 atom stereocenters. The molecule has 1 aromatic rings. The first-order valence-electron chi connectivity index (χ1n) is 4.84. The van der Waals surface area contributed by atoms with Crippen molar-refractivity contribution in [2.75, 3.05) is 12.4 Å². The number of thiophene rings is 1. The Balaban J connectivity index is 2.74. The Kier molecular flexibility index (Phi) is 5.27. The molecule has 0 aliphatic carbocycles. The fourth-order valence-corrected chi connectivity index (χ4v) is 2.26. The summed E-state index contributed by atoms with van der Waals surface area (Å²) in [4.78, 5) is 12.3. The lowest BCUT2D eigenvalue weighted by Crippen LogP contribution is -2.18. The predicted octanol–water partition coefficient (Wildman–Crippen LogP) is 1.25. The SMILES string of the molecule is CCOC(=O)c1ccc(C(O)C(O)CS)s1. The van der Waals surface area contributed by atoms with Gasteiger partial charge in [0.25, 0.3) is 0 Å². The summed E-state index contributed by atoms with van der Waals surface area (Å²) in [5.74, 6) is -0.250. The Morgan fingerprint density at radius 3 is 2.81 bits per heavy atom.